The van der Waals surface area contributed by atoms with Crippen molar-refractivity contribution < 1.29 is 14.2 Å². The van der Waals surface area contributed by atoms with Crippen LogP contribution in [0.2, 0.25) is 0 Å². The van der Waals surface area contributed by atoms with Gasteiger partial charge in [0.2, 0.25) is 0 Å². The Hall–Kier alpha value is -2.55. The lowest BCUT2D eigenvalue weighted by Crippen LogP contribution is -2.23. The fourth-order valence-corrected chi connectivity index (χ4v) is 3.14. The summed E-state index contributed by atoms with van der Waals surface area (Å²) in [5.74, 6) is 7.72. The third kappa shape index (κ3) is 6.22. The van der Waals surface area contributed by atoms with Gasteiger partial charge in [-0.3, -0.25) is 4.79 Å². The van der Waals surface area contributed by atoms with E-state index in [2.05, 4.69) is 30.9 Å². The maximum atomic E-state index is 12.2. The molecule has 1 aliphatic carbocycles. The predicted octanol–water partition coefficient (Wildman–Crippen LogP) is 3.57. The summed E-state index contributed by atoms with van der Waals surface area (Å²) in [6, 6.07) is 9.52. The number of nitrogens with zero attached hydrogens (tertiary/aromatic N) is 1. The van der Waals surface area contributed by atoms with E-state index in [0.717, 1.165) is 43.1 Å². The molecule has 1 aromatic carbocycles. The average Bonchev–Trinajstić information content (AvgIpc) is 3.58. The molecule has 0 N–H and O–H groups in total. The standard InChI is InChI=1S/C20H21NO2.C4H8O2/c1-14-12-17(7-6-16-4-5-16)8-9-19(14)15(2)21-11-10-18(23-3)13-20(21)22;1-2-6-4-3-5-1/h8-13,15-16H,4-5H2,1-3H3;1-4H2. The molecule has 2 aliphatic rings. The molecular formula is C24H29NO4. The van der Waals surface area contributed by atoms with Crippen LogP contribution in [-0.4, -0.2) is 38.1 Å². The van der Waals surface area contributed by atoms with E-state index < -0.39 is 0 Å². The zero-order valence-corrected chi connectivity index (χ0v) is 17.4. The van der Waals surface area contributed by atoms with E-state index in [4.69, 9.17) is 14.2 Å². The van der Waals surface area contributed by atoms with Crippen molar-refractivity contribution in [2.24, 2.45) is 5.92 Å². The fourth-order valence-electron chi connectivity index (χ4n) is 3.14. The second-order valence-electron chi connectivity index (χ2n) is 7.33. The number of ether oxygens (including phenoxy) is 3. The Morgan fingerprint density at radius 2 is 1.79 bits per heavy atom. The summed E-state index contributed by atoms with van der Waals surface area (Å²) < 4.78 is 16.7. The molecule has 1 unspecified atom stereocenters. The van der Waals surface area contributed by atoms with Crippen molar-refractivity contribution in [1.29, 1.82) is 0 Å². The van der Waals surface area contributed by atoms with E-state index in [1.807, 2.05) is 19.1 Å². The number of benzene rings is 1. The maximum Gasteiger partial charge on any atom is 0.254 e. The first-order valence-corrected chi connectivity index (χ1v) is 10.1. The highest BCUT2D eigenvalue weighted by molar-refractivity contribution is 5.42. The number of methoxy groups -OCH3 is 1. The molecule has 2 aromatic rings. The number of aromatic nitrogens is 1. The lowest BCUT2D eigenvalue weighted by atomic mass is 9.99. The smallest absolute Gasteiger partial charge is 0.254 e. The van der Waals surface area contributed by atoms with Gasteiger partial charge in [-0.05, 0) is 56.0 Å². The van der Waals surface area contributed by atoms with E-state index in [1.165, 1.54) is 18.9 Å². The maximum absolute atomic E-state index is 12.2. The van der Waals surface area contributed by atoms with Gasteiger partial charge < -0.3 is 18.8 Å². The molecule has 1 aliphatic heterocycles. The lowest BCUT2D eigenvalue weighted by molar-refractivity contribution is -0.0334. The molecule has 154 valence electrons. The van der Waals surface area contributed by atoms with Gasteiger partial charge in [0.25, 0.3) is 5.56 Å². The van der Waals surface area contributed by atoms with E-state index in [0.29, 0.717) is 11.7 Å². The van der Waals surface area contributed by atoms with Crippen LogP contribution in [0.4, 0.5) is 0 Å². The number of aryl methyl sites for hydroxylation is 1. The van der Waals surface area contributed by atoms with Crippen molar-refractivity contribution in [3.8, 4) is 17.6 Å². The Morgan fingerprint density at radius 1 is 1.10 bits per heavy atom. The second kappa shape index (κ2) is 10.3. The van der Waals surface area contributed by atoms with Gasteiger partial charge in [0, 0.05) is 23.7 Å². The van der Waals surface area contributed by atoms with Crippen LogP contribution in [0.3, 0.4) is 0 Å². The minimum Gasteiger partial charge on any atom is -0.497 e. The lowest BCUT2D eigenvalue weighted by Gasteiger charge is -2.18. The van der Waals surface area contributed by atoms with Gasteiger partial charge in [0.15, 0.2) is 0 Å². The molecule has 2 fully saturated rings. The van der Waals surface area contributed by atoms with Gasteiger partial charge in [0.05, 0.1) is 39.6 Å². The van der Waals surface area contributed by atoms with Crippen LogP contribution in [0, 0.1) is 24.7 Å². The van der Waals surface area contributed by atoms with Crippen molar-refractivity contribution in [3.05, 3.63) is 63.6 Å². The molecule has 1 saturated carbocycles. The first-order valence-electron chi connectivity index (χ1n) is 10.1. The molecule has 29 heavy (non-hydrogen) atoms. The Bertz CT molecular complexity index is 918. The van der Waals surface area contributed by atoms with Crippen LogP contribution >= 0.6 is 0 Å². The highest BCUT2D eigenvalue weighted by Crippen LogP contribution is 2.28. The van der Waals surface area contributed by atoms with Gasteiger partial charge in [0.1, 0.15) is 5.75 Å². The molecule has 4 rings (SSSR count). The Kier molecular flexibility index (Phi) is 7.51. The summed E-state index contributed by atoms with van der Waals surface area (Å²) >= 11 is 0. The fraction of sp³-hybridized carbons (Fsp3) is 0.458. The molecule has 0 radical (unpaired) electrons. The van der Waals surface area contributed by atoms with Crippen LogP contribution in [-0.2, 0) is 9.47 Å². The van der Waals surface area contributed by atoms with Crippen LogP contribution in [0.1, 0.15) is 42.5 Å². The normalized spacial score (nSPS) is 16.7. The van der Waals surface area contributed by atoms with Crippen molar-refractivity contribution in [3.63, 3.8) is 0 Å². The number of hydrogen-bond donors (Lipinski definition) is 0. The van der Waals surface area contributed by atoms with Crippen LogP contribution in [0.25, 0.3) is 0 Å². The predicted molar refractivity (Wildman–Crippen MR) is 113 cm³/mol. The SMILES string of the molecule is C1COCCO1.COc1ccn(C(C)c2ccc(C#CC3CC3)cc2C)c(=O)c1. The Morgan fingerprint density at radius 3 is 2.31 bits per heavy atom. The largest absolute Gasteiger partial charge is 0.497 e. The van der Waals surface area contributed by atoms with E-state index in [9.17, 15) is 4.79 Å². The summed E-state index contributed by atoms with van der Waals surface area (Å²) in [5, 5.41) is 0. The third-order valence-electron chi connectivity index (χ3n) is 5.03. The van der Waals surface area contributed by atoms with Crippen LogP contribution < -0.4 is 10.3 Å². The first-order chi connectivity index (χ1) is 14.1. The molecule has 5 heteroatoms. The summed E-state index contributed by atoms with van der Waals surface area (Å²) in [4.78, 5) is 12.2. The van der Waals surface area contributed by atoms with Gasteiger partial charge >= 0.3 is 0 Å². The number of pyridine rings is 1. The average molecular weight is 395 g/mol. The number of hydrogen-bond acceptors (Lipinski definition) is 4. The molecule has 1 atom stereocenters. The van der Waals surface area contributed by atoms with E-state index in [-0.39, 0.29) is 11.6 Å². The number of rotatable bonds is 3. The highest BCUT2D eigenvalue weighted by atomic mass is 16.6. The summed E-state index contributed by atoms with van der Waals surface area (Å²) in [5.41, 5.74) is 3.28. The van der Waals surface area contributed by atoms with Gasteiger partial charge in [-0.2, -0.15) is 0 Å². The van der Waals surface area contributed by atoms with Crippen LogP contribution in [0.5, 0.6) is 5.75 Å². The molecule has 0 amide bonds. The molecule has 1 saturated heterocycles. The zero-order chi connectivity index (χ0) is 20.6. The molecular weight excluding hydrogens is 366 g/mol. The second-order valence-corrected chi connectivity index (χ2v) is 7.33. The molecule has 0 bridgehead atoms. The summed E-state index contributed by atoms with van der Waals surface area (Å²) in [6.07, 6.45) is 4.26. The zero-order valence-electron chi connectivity index (χ0n) is 17.4. The summed E-state index contributed by atoms with van der Waals surface area (Å²) in [6.45, 7) is 7.22. The Balaban J connectivity index is 0.000000343. The quantitative estimate of drug-likeness (QED) is 0.746. The van der Waals surface area contributed by atoms with Gasteiger partial charge in [-0.15, -0.1) is 0 Å². The molecule has 2 heterocycles. The molecule has 1 aromatic heterocycles. The molecule has 5 nitrogen and oxygen atoms in total. The van der Waals surface area contributed by atoms with Crippen molar-refractivity contribution in [2.45, 2.75) is 32.7 Å². The first kappa shape index (κ1) is 21.2. The highest BCUT2D eigenvalue weighted by Gasteiger charge is 2.18. The third-order valence-corrected chi connectivity index (χ3v) is 5.03. The van der Waals surface area contributed by atoms with E-state index in [1.54, 1.807) is 17.9 Å². The summed E-state index contributed by atoms with van der Waals surface area (Å²) in [7, 11) is 1.56. The van der Waals surface area contributed by atoms with Crippen LogP contribution in [0.15, 0.2) is 41.3 Å². The topological polar surface area (TPSA) is 49.7 Å². The van der Waals surface area contributed by atoms with Gasteiger partial charge in [-0.1, -0.05) is 17.9 Å². The van der Waals surface area contributed by atoms with Crippen molar-refractivity contribution in [2.75, 3.05) is 33.5 Å². The molecule has 0 spiro atoms. The van der Waals surface area contributed by atoms with Crippen molar-refractivity contribution >= 4 is 0 Å². The monoisotopic (exact) mass is 395 g/mol. The van der Waals surface area contributed by atoms with E-state index >= 15 is 0 Å². The Labute approximate surface area is 172 Å². The van der Waals surface area contributed by atoms with Crippen molar-refractivity contribution in [1.82, 2.24) is 4.57 Å². The van der Waals surface area contributed by atoms with Gasteiger partial charge in [-0.25, -0.2) is 0 Å². The minimum absolute atomic E-state index is 0.0288. The minimum atomic E-state index is -0.0612.